The van der Waals surface area contributed by atoms with Gasteiger partial charge in [0.15, 0.2) is 11.0 Å². The number of benzene rings is 1. The molecule has 2 atom stereocenters. The van der Waals surface area contributed by atoms with Crippen molar-refractivity contribution in [2.24, 2.45) is 7.05 Å². The smallest absolute Gasteiger partial charge is 0.233 e. The van der Waals surface area contributed by atoms with Crippen LogP contribution in [-0.4, -0.2) is 43.4 Å². The van der Waals surface area contributed by atoms with Gasteiger partial charge in [-0.25, -0.2) is 0 Å². The highest BCUT2D eigenvalue weighted by atomic mass is 79.9. The van der Waals surface area contributed by atoms with E-state index in [2.05, 4.69) is 40.0 Å². The van der Waals surface area contributed by atoms with Crippen LogP contribution in [0.4, 0.5) is 0 Å². The molecule has 146 valence electrons. The lowest BCUT2D eigenvalue weighted by Gasteiger charge is -2.39. The van der Waals surface area contributed by atoms with Gasteiger partial charge in [0.25, 0.3) is 0 Å². The molecule has 6 nitrogen and oxygen atoms in total. The third-order valence-corrected chi connectivity index (χ3v) is 6.45. The maximum Gasteiger partial charge on any atom is 0.233 e. The van der Waals surface area contributed by atoms with Crippen LogP contribution >= 0.6 is 27.7 Å². The van der Waals surface area contributed by atoms with Crippen molar-refractivity contribution in [3.05, 3.63) is 34.6 Å². The van der Waals surface area contributed by atoms with Gasteiger partial charge in [-0.3, -0.25) is 4.79 Å². The summed E-state index contributed by atoms with van der Waals surface area (Å²) in [6, 6.07) is 8.29. The molecule has 0 N–H and O–H groups in total. The number of aromatic nitrogens is 3. The summed E-state index contributed by atoms with van der Waals surface area (Å²) >= 11 is 4.84. The molecular weight excluding hydrogens is 428 g/mol. The van der Waals surface area contributed by atoms with Gasteiger partial charge in [0.05, 0.1) is 5.75 Å². The molecule has 0 saturated carbocycles. The van der Waals surface area contributed by atoms with Crippen molar-refractivity contribution in [3.8, 4) is 5.75 Å². The monoisotopic (exact) mass is 452 g/mol. The Morgan fingerprint density at radius 1 is 1.22 bits per heavy atom. The molecule has 0 aliphatic carbocycles. The summed E-state index contributed by atoms with van der Waals surface area (Å²) in [5.41, 5.74) is 0. The summed E-state index contributed by atoms with van der Waals surface area (Å²) in [6.45, 7) is 4.61. The molecule has 0 radical (unpaired) electrons. The zero-order chi connectivity index (χ0) is 19.4. The molecule has 1 aromatic carbocycles. The Labute approximate surface area is 172 Å². The topological polar surface area (TPSA) is 60.3 Å². The van der Waals surface area contributed by atoms with Gasteiger partial charge in [-0.15, -0.1) is 10.2 Å². The Balaban J connectivity index is 1.55. The highest BCUT2D eigenvalue weighted by Crippen LogP contribution is 2.25. The number of carbonyl (C=O) groups excluding carboxylic acids is 1. The first-order chi connectivity index (χ1) is 13.0. The summed E-state index contributed by atoms with van der Waals surface area (Å²) < 4.78 is 8.66. The minimum Gasteiger partial charge on any atom is -0.486 e. The molecule has 27 heavy (non-hydrogen) atoms. The van der Waals surface area contributed by atoms with E-state index in [1.54, 1.807) is 0 Å². The predicted octanol–water partition coefficient (Wildman–Crippen LogP) is 4.04. The molecule has 1 aliphatic heterocycles. The molecule has 0 bridgehead atoms. The predicted molar refractivity (Wildman–Crippen MR) is 110 cm³/mol. The molecule has 1 fully saturated rings. The Morgan fingerprint density at radius 2 is 1.89 bits per heavy atom. The number of amides is 1. The van der Waals surface area contributed by atoms with E-state index in [-0.39, 0.29) is 5.91 Å². The van der Waals surface area contributed by atoms with E-state index in [1.807, 2.05) is 40.8 Å². The molecular formula is C19H25BrN4O2S. The molecule has 8 heteroatoms. The largest absolute Gasteiger partial charge is 0.486 e. The third-order valence-electron chi connectivity index (χ3n) is 4.91. The first-order valence-corrected chi connectivity index (χ1v) is 10.9. The van der Waals surface area contributed by atoms with Gasteiger partial charge in [0.1, 0.15) is 12.4 Å². The normalized spacial score (nSPS) is 19.9. The summed E-state index contributed by atoms with van der Waals surface area (Å²) in [4.78, 5) is 14.7. The van der Waals surface area contributed by atoms with Crippen molar-refractivity contribution in [1.29, 1.82) is 0 Å². The molecule has 1 saturated heterocycles. The van der Waals surface area contributed by atoms with E-state index in [4.69, 9.17) is 4.74 Å². The Kier molecular flexibility index (Phi) is 6.81. The molecule has 2 aromatic rings. The lowest BCUT2D eigenvalue weighted by Crippen LogP contribution is -2.48. The Hall–Kier alpha value is -1.54. The van der Waals surface area contributed by atoms with Gasteiger partial charge in [-0.05, 0) is 57.4 Å². The maximum absolute atomic E-state index is 12.7. The molecule has 3 rings (SSSR count). The Morgan fingerprint density at radius 3 is 2.56 bits per heavy atom. The number of rotatable bonds is 6. The lowest BCUT2D eigenvalue weighted by molar-refractivity contribution is -0.134. The first kappa shape index (κ1) is 20.2. The van der Waals surface area contributed by atoms with Crippen LogP contribution in [0.25, 0.3) is 0 Å². The lowest BCUT2D eigenvalue weighted by atomic mass is 9.98. The van der Waals surface area contributed by atoms with Crippen LogP contribution < -0.4 is 4.74 Å². The second-order valence-electron chi connectivity index (χ2n) is 6.92. The fourth-order valence-corrected chi connectivity index (χ4v) is 4.45. The zero-order valence-corrected chi connectivity index (χ0v) is 18.3. The van der Waals surface area contributed by atoms with Crippen LogP contribution in [-0.2, 0) is 18.4 Å². The van der Waals surface area contributed by atoms with Gasteiger partial charge in [0.2, 0.25) is 5.91 Å². The number of carbonyl (C=O) groups is 1. The van der Waals surface area contributed by atoms with E-state index < -0.39 is 0 Å². The SMILES string of the molecule is C[C@@H]1CCC[C@H](C)N1C(=O)CSc1nnc(COc2ccc(Br)cc2)n1C. The van der Waals surface area contributed by atoms with Crippen molar-refractivity contribution in [3.63, 3.8) is 0 Å². The fraction of sp³-hybridized carbons (Fsp3) is 0.526. The van der Waals surface area contributed by atoms with Crippen molar-refractivity contribution < 1.29 is 9.53 Å². The van der Waals surface area contributed by atoms with E-state index in [0.29, 0.717) is 24.4 Å². The summed E-state index contributed by atoms with van der Waals surface area (Å²) in [6.07, 6.45) is 3.37. The van der Waals surface area contributed by atoms with Crippen LogP contribution in [0.5, 0.6) is 5.75 Å². The molecule has 2 heterocycles. The van der Waals surface area contributed by atoms with Crippen LogP contribution in [0.3, 0.4) is 0 Å². The second-order valence-corrected chi connectivity index (χ2v) is 8.78. The summed E-state index contributed by atoms with van der Waals surface area (Å²) in [5.74, 6) is 2.07. The molecule has 1 aromatic heterocycles. The van der Waals surface area contributed by atoms with Gasteiger partial charge in [-0.1, -0.05) is 27.7 Å². The average Bonchev–Trinajstić information content (AvgIpc) is 2.99. The number of hydrogen-bond donors (Lipinski definition) is 0. The van der Waals surface area contributed by atoms with E-state index >= 15 is 0 Å². The minimum absolute atomic E-state index is 0.176. The highest BCUT2D eigenvalue weighted by Gasteiger charge is 2.29. The average molecular weight is 453 g/mol. The van der Waals surface area contributed by atoms with Crippen LogP contribution in [0.2, 0.25) is 0 Å². The number of nitrogens with zero attached hydrogens (tertiary/aromatic N) is 4. The van der Waals surface area contributed by atoms with Crippen LogP contribution in [0, 0.1) is 0 Å². The number of ether oxygens (including phenoxy) is 1. The zero-order valence-electron chi connectivity index (χ0n) is 15.9. The van der Waals surface area contributed by atoms with Crippen molar-refractivity contribution in [2.75, 3.05) is 5.75 Å². The first-order valence-electron chi connectivity index (χ1n) is 9.16. The quantitative estimate of drug-likeness (QED) is 0.618. The fourth-order valence-electron chi connectivity index (χ4n) is 3.39. The number of likely N-dealkylation sites (tertiary alicyclic amines) is 1. The van der Waals surface area contributed by atoms with Gasteiger partial charge in [0, 0.05) is 23.6 Å². The highest BCUT2D eigenvalue weighted by molar-refractivity contribution is 9.10. The number of hydrogen-bond acceptors (Lipinski definition) is 5. The van der Waals surface area contributed by atoms with Gasteiger partial charge >= 0.3 is 0 Å². The number of piperidine rings is 1. The molecule has 0 spiro atoms. The Bertz CT molecular complexity index is 771. The molecule has 1 amide bonds. The summed E-state index contributed by atoms with van der Waals surface area (Å²) in [5, 5.41) is 9.15. The standard InChI is InChI=1S/C19H25BrN4O2S/c1-13-5-4-6-14(2)24(13)18(25)12-27-19-22-21-17(23(19)3)11-26-16-9-7-15(20)8-10-16/h7-10,13-14H,4-6,11-12H2,1-3H3/t13-,14+. The minimum atomic E-state index is 0.176. The van der Waals surface area contributed by atoms with Crippen molar-refractivity contribution in [2.45, 2.75) is 57.0 Å². The second kappa shape index (κ2) is 9.10. The third kappa shape index (κ3) is 5.04. The van der Waals surface area contributed by atoms with E-state index in [1.165, 1.54) is 18.2 Å². The van der Waals surface area contributed by atoms with Crippen LogP contribution in [0.1, 0.15) is 38.9 Å². The van der Waals surface area contributed by atoms with E-state index in [0.717, 1.165) is 34.0 Å². The number of thioether (sulfide) groups is 1. The van der Waals surface area contributed by atoms with E-state index in [9.17, 15) is 4.79 Å². The van der Waals surface area contributed by atoms with Gasteiger partial charge in [-0.2, -0.15) is 0 Å². The van der Waals surface area contributed by atoms with Gasteiger partial charge < -0.3 is 14.2 Å². The summed E-state index contributed by atoms with van der Waals surface area (Å²) in [7, 11) is 1.90. The van der Waals surface area contributed by atoms with Crippen molar-refractivity contribution in [1.82, 2.24) is 19.7 Å². The maximum atomic E-state index is 12.7. The number of halogens is 1. The molecule has 1 aliphatic rings. The van der Waals surface area contributed by atoms with Crippen molar-refractivity contribution >= 4 is 33.6 Å². The molecule has 0 unspecified atom stereocenters. The van der Waals surface area contributed by atoms with Crippen LogP contribution in [0.15, 0.2) is 33.9 Å².